The molecule has 4 heterocycles. The van der Waals surface area contributed by atoms with Crippen molar-refractivity contribution in [3.63, 3.8) is 0 Å². The topological polar surface area (TPSA) is 73.4 Å². The Hall–Kier alpha value is -2.93. The van der Waals surface area contributed by atoms with Crippen LogP contribution in [0.2, 0.25) is 0 Å². The summed E-state index contributed by atoms with van der Waals surface area (Å²) in [6.45, 7) is 2.21. The zero-order valence-electron chi connectivity index (χ0n) is 17.9. The highest BCUT2D eigenvalue weighted by atomic mass is 16.5. The quantitative estimate of drug-likeness (QED) is 0.643. The first kappa shape index (κ1) is 20.0. The highest BCUT2D eigenvalue weighted by Gasteiger charge is 2.41. The van der Waals surface area contributed by atoms with Gasteiger partial charge in [0, 0.05) is 44.9 Å². The van der Waals surface area contributed by atoms with Crippen molar-refractivity contribution in [1.29, 1.82) is 0 Å². The summed E-state index contributed by atoms with van der Waals surface area (Å²) < 4.78 is 13.7. The standard InChI is InChI=1S/C24H28N4O3/c1-27-12-5-8-20(27)23(29)28-13-10-24(11-14-28)17-18(9-15-30-24)16-21-25-22(26-31-21)19-6-3-2-4-7-19/h2-8,12,18H,9-11,13-17H2,1H3. The van der Waals surface area contributed by atoms with Crippen LogP contribution in [0.25, 0.3) is 11.4 Å². The van der Waals surface area contributed by atoms with Gasteiger partial charge >= 0.3 is 0 Å². The summed E-state index contributed by atoms with van der Waals surface area (Å²) in [6, 6.07) is 13.7. The number of aromatic nitrogens is 3. The Morgan fingerprint density at radius 2 is 1.97 bits per heavy atom. The van der Waals surface area contributed by atoms with Crippen LogP contribution in [0.5, 0.6) is 0 Å². The van der Waals surface area contributed by atoms with E-state index in [1.807, 2.05) is 65.2 Å². The Kier molecular flexibility index (Phi) is 5.36. The van der Waals surface area contributed by atoms with Crippen molar-refractivity contribution in [3.05, 3.63) is 60.2 Å². The second-order valence-corrected chi connectivity index (χ2v) is 8.77. The third-order valence-electron chi connectivity index (χ3n) is 6.68. The fraction of sp³-hybridized carbons (Fsp3) is 0.458. The molecule has 1 spiro atoms. The molecule has 0 radical (unpaired) electrons. The third-order valence-corrected chi connectivity index (χ3v) is 6.68. The Labute approximate surface area is 182 Å². The summed E-state index contributed by atoms with van der Waals surface area (Å²) in [7, 11) is 1.91. The van der Waals surface area contributed by atoms with Gasteiger partial charge < -0.3 is 18.7 Å². The fourth-order valence-corrected chi connectivity index (χ4v) is 4.90. The molecule has 31 heavy (non-hydrogen) atoms. The molecule has 2 aromatic heterocycles. The Morgan fingerprint density at radius 3 is 2.71 bits per heavy atom. The molecule has 2 saturated heterocycles. The first-order valence-corrected chi connectivity index (χ1v) is 11.0. The summed E-state index contributed by atoms with van der Waals surface area (Å²) in [5.74, 6) is 1.89. The molecule has 2 fully saturated rings. The van der Waals surface area contributed by atoms with Gasteiger partial charge in [0.25, 0.3) is 5.91 Å². The molecule has 7 heteroatoms. The van der Waals surface area contributed by atoms with Crippen molar-refractivity contribution in [3.8, 4) is 11.4 Å². The molecule has 3 aromatic rings. The lowest BCUT2D eigenvalue weighted by Gasteiger charge is -2.46. The normalized spacial score (nSPS) is 20.8. The molecule has 162 valence electrons. The molecule has 1 amide bonds. The van der Waals surface area contributed by atoms with Gasteiger partial charge in [-0.1, -0.05) is 35.5 Å². The maximum Gasteiger partial charge on any atom is 0.270 e. The first-order valence-electron chi connectivity index (χ1n) is 11.0. The van der Waals surface area contributed by atoms with E-state index in [0.29, 0.717) is 17.6 Å². The molecule has 5 rings (SSSR count). The van der Waals surface area contributed by atoms with Crippen LogP contribution in [0.4, 0.5) is 0 Å². The van der Waals surface area contributed by atoms with Crippen molar-refractivity contribution in [2.45, 2.75) is 37.7 Å². The number of ether oxygens (including phenoxy) is 1. The number of likely N-dealkylation sites (tertiary alicyclic amines) is 1. The molecule has 1 atom stereocenters. The minimum atomic E-state index is -0.143. The summed E-state index contributed by atoms with van der Waals surface area (Å²) in [6.07, 6.45) is 6.40. The maximum absolute atomic E-state index is 12.8. The maximum atomic E-state index is 12.8. The third kappa shape index (κ3) is 4.14. The van der Waals surface area contributed by atoms with Crippen LogP contribution in [-0.4, -0.2) is 50.8 Å². The van der Waals surface area contributed by atoms with E-state index in [9.17, 15) is 4.79 Å². The van der Waals surface area contributed by atoms with Gasteiger partial charge in [0.2, 0.25) is 11.7 Å². The van der Waals surface area contributed by atoms with Crippen molar-refractivity contribution in [2.24, 2.45) is 13.0 Å². The van der Waals surface area contributed by atoms with Crippen molar-refractivity contribution in [1.82, 2.24) is 19.6 Å². The molecule has 7 nitrogen and oxygen atoms in total. The summed E-state index contributed by atoms with van der Waals surface area (Å²) >= 11 is 0. The summed E-state index contributed by atoms with van der Waals surface area (Å²) in [5, 5.41) is 4.15. The minimum absolute atomic E-state index is 0.106. The highest BCUT2D eigenvalue weighted by Crippen LogP contribution is 2.39. The molecule has 2 aliphatic rings. The van der Waals surface area contributed by atoms with Crippen LogP contribution in [0.1, 0.15) is 42.1 Å². The number of hydrogen-bond donors (Lipinski definition) is 0. The van der Waals surface area contributed by atoms with Crippen LogP contribution in [0.15, 0.2) is 53.2 Å². The van der Waals surface area contributed by atoms with E-state index in [-0.39, 0.29) is 11.5 Å². The second kappa shape index (κ2) is 8.30. The van der Waals surface area contributed by atoms with E-state index in [0.717, 1.165) is 63.1 Å². The van der Waals surface area contributed by atoms with E-state index in [1.165, 1.54) is 0 Å². The van der Waals surface area contributed by atoms with Crippen LogP contribution < -0.4 is 0 Å². The van der Waals surface area contributed by atoms with Crippen LogP contribution in [-0.2, 0) is 18.2 Å². The summed E-state index contributed by atoms with van der Waals surface area (Å²) in [4.78, 5) is 19.4. The average molecular weight is 421 g/mol. The van der Waals surface area contributed by atoms with Gasteiger partial charge in [-0.2, -0.15) is 4.98 Å². The van der Waals surface area contributed by atoms with Gasteiger partial charge in [0.15, 0.2) is 0 Å². The number of carbonyl (C=O) groups excluding carboxylic acids is 1. The summed E-state index contributed by atoms with van der Waals surface area (Å²) in [5.41, 5.74) is 1.57. The van der Waals surface area contributed by atoms with Crippen molar-refractivity contribution < 1.29 is 14.1 Å². The van der Waals surface area contributed by atoms with Gasteiger partial charge in [0.1, 0.15) is 5.69 Å². The van der Waals surface area contributed by atoms with Crippen LogP contribution in [0.3, 0.4) is 0 Å². The number of hydrogen-bond acceptors (Lipinski definition) is 5. The number of amides is 1. The predicted molar refractivity (Wildman–Crippen MR) is 115 cm³/mol. The molecule has 1 unspecified atom stereocenters. The van der Waals surface area contributed by atoms with Crippen molar-refractivity contribution >= 4 is 5.91 Å². The molecule has 2 aliphatic heterocycles. The number of nitrogens with zero attached hydrogens (tertiary/aromatic N) is 4. The Morgan fingerprint density at radius 1 is 1.16 bits per heavy atom. The molecular formula is C24H28N4O3. The molecular weight excluding hydrogens is 392 g/mol. The number of aryl methyl sites for hydroxylation is 1. The van der Waals surface area contributed by atoms with Crippen molar-refractivity contribution in [2.75, 3.05) is 19.7 Å². The van der Waals surface area contributed by atoms with E-state index < -0.39 is 0 Å². The van der Waals surface area contributed by atoms with Gasteiger partial charge in [0.05, 0.1) is 5.60 Å². The molecule has 0 bridgehead atoms. The Bertz CT molecular complexity index is 1030. The second-order valence-electron chi connectivity index (χ2n) is 8.77. The number of piperidine rings is 1. The smallest absolute Gasteiger partial charge is 0.270 e. The van der Waals surface area contributed by atoms with E-state index >= 15 is 0 Å². The largest absolute Gasteiger partial charge is 0.375 e. The van der Waals surface area contributed by atoms with E-state index in [1.54, 1.807) is 0 Å². The van der Waals surface area contributed by atoms with E-state index in [4.69, 9.17) is 9.26 Å². The SMILES string of the molecule is Cn1cccc1C(=O)N1CCC2(CC1)CC(Cc1nc(-c3ccccc3)no1)CCO2. The number of rotatable bonds is 4. The Balaban J connectivity index is 1.20. The lowest BCUT2D eigenvalue weighted by molar-refractivity contribution is -0.124. The van der Waals surface area contributed by atoms with Crippen LogP contribution in [0, 0.1) is 5.92 Å². The first-order chi connectivity index (χ1) is 15.1. The van der Waals surface area contributed by atoms with Gasteiger partial charge in [-0.25, -0.2) is 0 Å². The molecule has 0 aliphatic carbocycles. The molecule has 1 aromatic carbocycles. The molecule has 0 saturated carbocycles. The highest BCUT2D eigenvalue weighted by molar-refractivity contribution is 5.92. The zero-order valence-corrected chi connectivity index (χ0v) is 17.9. The van der Waals surface area contributed by atoms with Gasteiger partial charge in [-0.3, -0.25) is 4.79 Å². The minimum Gasteiger partial charge on any atom is -0.375 e. The molecule has 0 N–H and O–H groups in total. The fourth-order valence-electron chi connectivity index (χ4n) is 4.90. The zero-order chi connectivity index (χ0) is 21.3. The monoisotopic (exact) mass is 420 g/mol. The van der Waals surface area contributed by atoms with Gasteiger partial charge in [-0.05, 0) is 43.7 Å². The van der Waals surface area contributed by atoms with Gasteiger partial charge in [-0.15, -0.1) is 0 Å². The van der Waals surface area contributed by atoms with Crippen LogP contribution >= 0.6 is 0 Å². The average Bonchev–Trinajstić information content (AvgIpc) is 3.44. The predicted octanol–water partition coefficient (Wildman–Crippen LogP) is 3.72. The van der Waals surface area contributed by atoms with E-state index in [2.05, 4.69) is 10.1 Å². The number of benzene rings is 1. The lowest BCUT2D eigenvalue weighted by Crippen LogP contribution is -2.51. The lowest BCUT2D eigenvalue weighted by atomic mass is 9.78. The number of carbonyl (C=O) groups is 1.